The van der Waals surface area contributed by atoms with Crippen LogP contribution in [-0.2, 0) is 0 Å². The number of urea groups is 1. The van der Waals surface area contributed by atoms with E-state index in [4.69, 9.17) is 17.0 Å². The van der Waals surface area contributed by atoms with Gasteiger partial charge in [0.15, 0.2) is 10.2 Å². The number of ether oxygens (including phenoxy) is 1. The summed E-state index contributed by atoms with van der Waals surface area (Å²) in [4.78, 5) is 26.6. The molecule has 0 bridgehead atoms. The summed E-state index contributed by atoms with van der Waals surface area (Å²) < 4.78 is 5.22. The number of rotatable bonds is 5. The molecule has 1 heterocycles. The molecule has 0 aliphatic rings. The Kier molecular flexibility index (Phi) is 6.72. The molecule has 0 spiro atoms. The molecule has 0 unspecified atom stereocenters. The number of methoxy groups -OCH3 is 1. The average Bonchev–Trinajstić information content (AvgIpc) is 3.21. The number of anilines is 2. The van der Waals surface area contributed by atoms with Gasteiger partial charge in [0.1, 0.15) is 5.75 Å². The van der Waals surface area contributed by atoms with Gasteiger partial charge < -0.3 is 10.1 Å². The van der Waals surface area contributed by atoms with E-state index in [0.717, 1.165) is 0 Å². The summed E-state index contributed by atoms with van der Waals surface area (Å²) in [6.45, 7) is 0. The monoisotopic (exact) mass is 444 g/mol. The largest absolute Gasteiger partial charge is 0.495 e. The fraction of sp³-hybridized carbons (Fsp3) is 0.0556. The molecule has 2 aromatic carbocycles. The zero-order valence-electron chi connectivity index (χ0n) is 15.5. The van der Waals surface area contributed by atoms with E-state index >= 15 is 0 Å². The topological polar surface area (TPSA) is 130 Å². The number of carbonyl (C=O) groups is 1. The Balaban J connectivity index is 1.51. The van der Waals surface area contributed by atoms with Gasteiger partial charge >= 0.3 is 6.03 Å². The summed E-state index contributed by atoms with van der Waals surface area (Å²) in [5, 5.41) is 18.5. The molecule has 30 heavy (non-hydrogen) atoms. The number of carbonyl (C=O) groups excluding carboxylic acids is 1. The second-order valence-corrected chi connectivity index (χ2v) is 6.97. The molecule has 3 rings (SSSR count). The Labute approximate surface area is 180 Å². The molecule has 1 aromatic heterocycles. The number of non-ortho nitro benzene ring substituents is 1. The number of nitrogens with one attached hydrogen (secondary N) is 4. The zero-order valence-corrected chi connectivity index (χ0v) is 17.2. The normalized spacial score (nSPS) is 10.0. The molecule has 0 aliphatic heterocycles. The van der Waals surface area contributed by atoms with E-state index in [1.165, 1.54) is 23.5 Å². The van der Waals surface area contributed by atoms with Gasteiger partial charge in [0.2, 0.25) is 0 Å². The Morgan fingerprint density at radius 3 is 2.57 bits per heavy atom. The second-order valence-electron chi connectivity index (χ2n) is 5.70. The van der Waals surface area contributed by atoms with E-state index in [-0.39, 0.29) is 10.8 Å². The van der Waals surface area contributed by atoms with E-state index in [0.29, 0.717) is 27.8 Å². The van der Waals surface area contributed by atoms with Crippen LogP contribution in [0, 0.1) is 10.1 Å². The number of benzene rings is 2. The van der Waals surface area contributed by atoms with Crippen LogP contribution in [0.3, 0.4) is 0 Å². The fourth-order valence-electron chi connectivity index (χ4n) is 2.36. The molecule has 2 amide bonds. The third-order valence-corrected chi connectivity index (χ3v) is 4.71. The molecule has 3 aromatic rings. The van der Waals surface area contributed by atoms with Crippen molar-refractivity contribution in [1.82, 2.24) is 15.8 Å². The quantitative estimate of drug-likeness (QED) is 0.266. The van der Waals surface area contributed by atoms with Crippen LogP contribution in [0.25, 0.3) is 11.3 Å². The Hall–Kier alpha value is -3.77. The minimum Gasteiger partial charge on any atom is -0.495 e. The smallest absolute Gasteiger partial charge is 0.339 e. The fourth-order valence-corrected chi connectivity index (χ4v) is 3.24. The summed E-state index contributed by atoms with van der Waals surface area (Å²) >= 11 is 6.36. The summed E-state index contributed by atoms with van der Waals surface area (Å²) in [6, 6.07) is 12.6. The third-order valence-electron chi connectivity index (χ3n) is 3.74. The van der Waals surface area contributed by atoms with Gasteiger partial charge in [0.05, 0.1) is 23.4 Å². The number of hydrogen-bond acceptors (Lipinski definition) is 7. The van der Waals surface area contributed by atoms with Gasteiger partial charge in [-0.1, -0.05) is 12.1 Å². The molecule has 154 valence electrons. The van der Waals surface area contributed by atoms with Gasteiger partial charge in [0, 0.05) is 23.1 Å². The van der Waals surface area contributed by atoms with Crippen molar-refractivity contribution >= 4 is 51.2 Å². The zero-order chi connectivity index (χ0) is 21.5. The van der Waals surface area contributed by atoms with Crippen LogP contribution in [0.15, 0.2) is 53.9 Å². The predicted molar refractivity (Wildman–Crippen MR) is 119 cm³/mol. The Morgan fingerprint density at radius 2 is 1.87 bits per heavy atom. The number of nitro groups is 1. The van der Waals surface area contributed by atoms with Crippen LogP contribution >= 0.6 is 23.6 Å². The van der Waals surface area contributed by atoms with Crippen LogP contribution < -0.4 is 26.2 Å². The summed E-state index contributed by atoms with van der Waals surface area (Å²) in [7, 11) is 1.54. The first kappa shape index (κ1) is 21.0. The number of nitrogens with zero attached hydrogens (tertiary/aromatic N) is 2. The van der Waals surface area contributed by atoms with Crippen LogP contribution in [0.1, 0.15) is 0 Å². The molecule has 0 aliphatic carbocycles. The molecule has 0 atom stereocenters. The van der Waals surface area contributed by atoms with Gasteiger partial charge in [-0.3, -0.25) is 20.9 Å². The van der Waals surface area contributed by atoms with Gasteiger partial charge in [-0.2, -0.15) is 0 Å². The van der Waals surface area contributed by atoms with Crippen molar-refractivity contribution in [3.63, 3.8) is 0 Å². The molecular formula is C18H16N6O4S2. The average molecular weight is 444 g/mol. The van der Waals surface area contributed by atoms with Crippen LogP contribution in [-0.4, -0.2) is 28.2 Å². The van der Waals surface area contributed by atoms with Crippen molar-refractivity contribution < 1.29 is 14.5 Å². The SMILES string of the molecule is COc1ccccc1NC(=S)NNC(=O)Nc1nc(-c2ccc([N+](=O)[O-])cc2)cs1. The highest BCUT2D eigenvalue weighted by Crippen LogP contribution is 2.26. The van der Waals surface area contributed by atoms with Crippen molar-refractivity contribution in [2.45, 2.75) is 0 Å². The summed E-state index contributed by atoms with van der Waals surface area (Å²) in [5.41, 5.74) is 6.91. The molecular weight excluding hydrogens is 428 g/mol. The number of nitro benzene ring substituents is 1. The molecule has 4 N–H and O–H groups in total. The predicted octanol–water partition coefficient (Wildman–Crippen LogP) is 3.75. The summed E-state index contributed by atoms with van der Waals surface area (Å²) in [6.07, 6.45) is 0. The third kappa shape index (κ3) is 5.40. The lowest BCUT2D eigenvalue weighted by Crippen LogP contribution is -2.45. The Bertz CT molecular complexity index is 1070. The van der Waals surface area contributed by atoms with Crippen molar-refractivity contribution in [2.24, 2.45) is 0 Å². The van der Waals surface area contributed by atoms with Gasteiger partial charge in [-0.25, -0.2) is 15.2 Å². The number of hydrogen-bond donors (Lipinski definition) is 4. The van der Waals surface area contributed by atoms with Crippen LogP contribution in [0.5, 0.6) is 5.75 Å². The molecule has 10 nitrogen and oxygen atoms in total. The minimum absolute atomic E-state index is 0.00418. The lowest BCUT2D eigenvalue weighted by atomic mass is 10.1. The number of para-hydroxylation sites is 2. The summed E-state index contributed by atoms with van der Waals surface area (Å²) in [5.74, 6) is 0.604. The number of thiocarbonyl (C=S) groups is 1. The van der Waals surface area contributed by atoms with E-state index in [9.17, 15) is 14.9 Å². The van der Waals surface area contributed by atoms with Gasteiger partial charge in [-0.15, -0.1) is 11.3 Å². The van der Waals surface area contributed by atoms with Crippen LogP contribution in [0.2, 0.25) is 0 Å². The second kappa shape index (κ2) is 9.62. The highest BCUT2D eigenvalue weighted by molar-refractivity contribution is 7.80. The Morgan fingerprint density at radius 1 is 1.13 bits per heavy atom. The van der Waals surface area contributed by atoms with Crippen molar-refractivity contribution in [2.75, 3.05) is 17.7 Å². The first-order valence-corrected chi connectivity index (χ1v) is 9.72. The molecule has 12 heteroatoms. The van der Waals surface area contributed by atoms with Crippen molar-refractivity contribution in [3.8, 4) is 17.0 Å². The number of aromatic nitrogens is 1. The molecule has 0 saturated carbocycles. The number of amides is 2. The van der Waals surface area contributed by atoms with E-state index in [2.05, 4.69) is 26.5 Å². The lowest BCUT2D eigenvalue weighted by molar-refractivity contribution is -0.384. The van der Waals surface area contributed by atoms with E-state index in [1.54, 1.807) is 36.8 Å². The van der Waals surface area contributed by atoms with Gasteiger partial charge in [0.25, 0.3) is 5.69 Å². The maximum Gasteiger partial charge on any atom is 0.339 e. The van der Waals surface area contributed by atoms with E-state index in [1.807, 2.05) is 12.1 Å². The highest BCUT2D eigenvalue weighted by atomic mass is 32.1. The first-order valence-electron chi connectivity index (χ1n) is 8.43. The first-order chi connectivity index (χ1) is 14.5. The van der Waals surface area contributed by atoms with E-state index < -0.39 is 11.0 Å². The van der Waals surface area contributed by atoms with Crippen molar-refractivity contribution in [3.05, 3.63) is 64.0 Å². The van der Waals surface area contributed by atoms with Crippen LogP contribution in [0.4, 0.5) is 21.3 Å². The highest BCUT2D eigenvalue weighted by Gasteiger charge is 2.11. The maximum absolute atomic E-state index is 12.1. The lowest BCUT2D eigenvalue weighted by Gasteiger charge is -2.13. The molecule has 0 fully saturated rings. The number of hydrazine groups is 1. The van der Waals surface area contributed by atoms with Crippen molar-refractivity contribution in [1.29, 1.82) is 0 Å². The molecule has 0 saturated heterocycles. The standard InChI is InChI=1S/C18H16N6O4S2/c1-28-15-5-3-2-4-13(15)19-17(29)23-22-16(25)21-18-20-14(10-30-18)11-6-8-12(9-7-11)24(26)27/h2-10H,1H3,(H2,19,23,29)(H2,20,21,22,25). The minimum atomic E-state index is -0.566. The number of thiazole rings is 1. The maximum atomic E-state index is 12.1. The van der Waals surface area contributed by atoms with Gasteiger partial charge in [-0.05, 0) is 36.5 Å². The molecule has 0 radical (unpaired) electrons.